The number of ether oxygens (including phenoxy) is 2. The van der Waals surface area contributed by atoms with E-state index in [1.54, 1.807) is 24.3 Å². The minimum atomic E-state index is -3.75. The van der Waals surface area contributed by atoms with E-state index in [0.717, 1.165) is 5.56 Å². The fourth-order valence-corrected chi connectivity index (χ4v) is 5.31. The number of para-hydroxylation sites is 1. The van der Waals surface area contributed by atoms with Crippen molar-refractivity contribution in [2.45, 2.75) is 4.90 Å². The highest BCUT2D eigenvalue weighted by Crippen LogP contribution is 2.36. The lowest BCUT2D eigenvalue weighted by molar-refractivity contribution is 0.102. The Morgan fingerprint density at radius 3 is 2.50 bits per heavy atom. The first kappa shape index (κ1) is 21.9. The van der Waals surface area contributed by atoms with E-state index in [9.17, 15) is 13.2 Å². The Morgan fingerprint density at radius 2 is 1.74 bits per heavy atom. The SMILES string of the molecule is CN(c1ccccc1)S(=O)(=O)c1ccc(C(=O)Nc2nc(-c3ccc4c(c3)OCO4)cs2)cc1. The molecule has 3 aromatic carbocycles. The Balaban J connectivity index is 1.29. The molecule has 0 aliphatic carbocycles. The molecule has 0 radical (unpaired) electrons. The molecule has 1 aromatic heterocycles. The zero-order chi connectivity index (χ0) is 23.7. The molecular formula is C24H19N3O5S2. The number of nitrogens with zero attached hydrogens (tertiary/aromatic N) is 2. The molecule has 1 aliphatic rings. The minimum Gasteiger partial charge on any atom is -0.454 e. The van der Waals surface area contributed by atoms with Gasteiger partial charge in [0.2, 0.25) is 6.79 Å². The summed E-state index contributed by atoms with van der Waals surface area (Å²) >= 11 is 1.29. The Bertz CT molecular complexity index is 1450. The van der Waals surface area contributed by atoms with Gasteiger partial charge in [-0.25, -0.2) is 13.4 Å². The van der Waals surface area contributed by atoms with Gasteiger partial charge in [0.15, 0.2) is 16.6 Å². The summed E-state index contributed by atoms with van der Waals surface area (Å²) in [4.78, 5) is 17.3. The molecule has 0 bridgehead atoms. The maximum atomic E-state index is 12.9. The van der Waals surface area contributed by atoms with E-state index in [2.05, 4.69) is 10.3 Å². The Labute approximate surface area is 200 Å². The zero-order valence-electron chi connectivity index (χ0n) is 18.0. The number of carbonyl (C=O) groups is 1. The number of hydrogen-bond acceptors (Lipinski definition) is 7. The number of aromatic nitrogens is 1. The van der Waals surface area contributed by atoms with E-state index < -0.39 is 10.0 Å². The van der Waals surface area contributed by atoms with Crippen LogP contribution in [-0.2, 0) is 10.0 Å². The molecule has 0 spiro atoms. The Hall–Kier alpha value is -3.89. The van der Waals surface area contributed by atoms with E-state index >= 15 is 0 Å². The molecule has 0 unspecified atom stereocenters. The summed E-state index contributed by atoms with van der Waals surface area (Å²) in [5, 5.41) is 5.02. The van der Waals surface area contributed by atoms with Gasteiger partial charge in [-0.05, 0) is 54.6 Å². The van der Waals surface area contributed by atoms with Gasteiger partial charge >= 0.3 is 0 Å². The van der Waals surface area contributed by atoms with Crippen LogP contribution in [0.2, 0.25) is 0 Å². The summed E-state index contributed by atoms with van der Waals surface area (Å²) in [5.74, 6) is 0.962. The van der Waals surface area contributed by atoms with E-state index in [-0.39, 0.29) is 17.6 Å². The van der Waals surface area contributed by atoms with Gasteiger partial charge in [0.05, 0.1) is 16.3 Å². The molecule has 34 heavy (non-hydrogen) atoms. The number of anilines is 2. The monoisotopic (exact) mass is 493 g/mol. The fraction of sp³-hybridized carbons (Fsp3) is 0.0833. The first-order valence-corrected chi connectivity index (χ1v) is 12.5. The zero-order valence-corrected chi connectivity index (χ0v) is 19.6. The second-order valence-electron chi connectivity index (χ2n) is 7.39. The van der Waals surface area contributed by atoms with Crippen LogP contribution in [0.5, 0.6) is 11.5 Å². The lowest BCUT2D eigenvalue weighted by Crippen LogP contribution is -2.26. The molecule has 0 saturated heterocycles. The third-order valence-corrected chi connectivity index (χ3v) is 7.85. The maximum absolute atomic E-state index is 12.9. The van der Waals surface area contributed by atoms with Crippen LogP contribution in [0, 0.1) is 0 Å². The van der Waals surface area contributed by atoms with Gasteiger partial charge in [0.1, 0.15) is 0 Å². The van der Waals surface area contributed by atoms with Crippen molar-refractivity contribution in [2.24, 2.45) is 0 Å². The second-order valence-corrected chi connectivity index (χ2v) is 10.2. The maximum Gasteiger partial charge on any atom is 0.264 e. The Morgan fingerprint density at radius 1 is 1.00 bits per heavy atom. The molecule has 1 amide bonds. The summed E-state index contributed by atoms with van der Waals surface area (Å²) in [6.45, 7) is 0.194. The summed E-state index contributed by atoms with van der Waals surface area (Å²) < 4.78 is 37.8. The van der Waals surface area contributed by atoms with Crippen molar-refractivity contribution < 1.29 is 22.7 Å². The van der Waals surface area contributed by atoms with Crippen LogP contribution in [0.3, 0.4) is 0 Å². The van der Waals surface area contributed by atoms with Crippen molar-refractivity contribution in [3.63, 3.8) is 0 Å². The minimum absolute atomic E-state index is 0.0924. The van der Waals surface area contributed by atoms with Gasteiger partial charge in [-0.1, -0.05) is 18.2 Å². The number of fused-ring (bicyclic) bond motifs is 1. The summed E-state index contributed by atoms with van der Waals surface area (Å²) in [5.41, 5.74) is 2.41. The third kappa shape index (κ3) is 4.20. The van der Waals surface area contributed by atoms with Gasteiger partial charge in [0.25, 0.3) is 15.9 Å². The van der Waals surface area contributed by atoms with E-state index in [4.69, 9.17) is 9.47 Å². The summed E-state index contributed by atoms with van der Waals surface area (Å²) in [6.07, 6.45) is 0. The van der Waals surface area contributed by atoms with Crippen LogP contribution in [-0.4, -0.2) is 33.1 Å². The van der Waals surface area contributed by atoms with Crippen LogP contribution < -0.4 is 19.1 Å². The van der Waals surface area contributed by atoms with Crippen LogP contribution in [0.15, 0.2) is 83.1 Å². The molecule has 10 heteroatoms. The molecule has 8 nitrogen and oxygen atoms in total. The van der Waals surface area contributed by atoms with Crippen LogP contribution >= 0.6 is 11.3 Å². The second kappa shape index (κ2) is 8.81. The highest BCUT2D eigenvalue weighted by molar-refractivity contribution is 7.92. The number of nitrogens with one attached hydrogen (secondary N) is 1. The highest BCUT2D eigenvalue weighted by Gasteiger charge is 2.22. The van der Waals surface area contributed by atoms with Crippen molar-refractivity contribution in [3.8, 4) is 22.8 Å². The van der Waals surface area contributed by atoms with E-state index in [1.807, 2.05) is 29.6 Å². The number of carbonyl (C=O) groups excluding carboxylic acids is 1. The average molecular weight is 494 g/mol. The average Bonchev–Trinajstić information content (AvgIpc) is 3.53. The molecule has 2 heterocycles. The molecule has 1 N–H and O–H groups in total. The standard InChI is InChI=1S/C24H19N3O5S2/c1-27(18-5-3-2-4-6-18)34(29,30)19-10-7-16(8-11-19)23(28)26-24-25-20(14-33-24)17-9-12-21-22(13-17)32-15-31-21/h2-14H,15H2,1H3,(H,25,26,28). The normalized spacial score (nSPS) is 12.4. The number of sulfonamides is 1. The number of benzene rings is 3. The highest BCUT2D eigenvalue weighted by atomic mass is 32.2. The molecule has 4 aromatic rings. The topological polar surface area (TPSA) is 97.8 Å². The van der Waals surface area contributed by atoms with E-state index in [0.29, 0.717) is 33.6 Å². The third-order valence-electron chi connectivity index (χ3n) is 5.29. The van der Waals surface area contributed by atoms with Crippen LogP contribution in [0.25, 0.3) is 11.3 Å². The molecule has 0 fully saturated rings. The molecule has 0 atom stereocenters. The van der Waals surface area contributed by atoms with Crippen molar-refractivity contribution in [1.82, 2.24) is 4.98 Å². The summed E-state index contributed by atoms with van der Waals surface area (Å²) in [7, 11) is -2.26. The summed E-state index contributed by atoms with van der Waals surface area (Å²) in [6, 6.07) is 20.1. The number of thiazole rings is 1. The van der Waals surface area contributed by atoms with Gasteiger partial charge in [-0.3, -0.25) is 14.4 Å². The lowest BCUT2D eigenvalue weighted by atomic mass is 10.1. The smallest absolute Gasteiger partial charge is 0.264 e. The largest absolute Gasteiger partial charge is 0.454 e. The fourth-order valence-electron chi connectivity index (χ4n) is 3.40. The first-order valence-electron chi connectivity index (χ1n) is 10.2. The molecular weight excluding hydrogens is 474 g/mol. The molecule has 1 aliphatic heterocycles. The lowest BCUT2D eigenvalue weighted by Gasteiger charge is -2.19. The van der Waals surface area contributed by atoms with Gasteiger partial charge in [-0.2, -0.15) is 0 Å². The predicted molar refractivity (Wildman–Crippen MR) is 130 cm³/mol. The Kier molecular flexibility index (Phi) is 5.68. The predicted octanol–water partition coefficient (Wildman–Crippen LogP) is 4.62. The van der Waals surface area contributed by atoms with Crippen LogP contribution in [0.4, 0.5) is 10.8 Å². The van der Waals surface area contributed by atoms with Crippen molar-refractivity contribution in [1.29, 1.82) is 0 Å². The molecule has 5 rings (SSSR count). The molecule has 0 saturated carbocycles. The van der Waals surface area contributed by atoms with Crippen molar-refractivity contribution in [3.05, 3.63) is 83.7 Å². The number of amides is 1. The van der Waals surface area contributed by atoms with Gasteiger partial charge < -0.3 is 9.47 Å². The number of hydrogen-bond donors (Lipinski definition) is 1. The van der Waals surface area contributed by atoms with Gasteiger partial charge in [-0.15, -0.1) is 11.3 Å². The van der Waals surface area contributed by atoms with Gasteiger partial charge in [0, 0.05) is 23.6 Å². The van der Waals surface area contributed by atoms with E-state index in [1.165, 1.54) is 47.0 Å². The van der Waals surface area contributed by atoms with Crippen LogP contribution in [0.1, 0.15) is 10.4 Å². The van der Waals surface area contributed by atoms with Crippen molar-refractivity contribution >= 4 is 38.1 Å². The van der Waals surface area contributed by atoms with Crippen molar-refractivity contribution in [2.75, 3.05) is 23.5 Å². The first-order chi connectivity index (χ1) is 16.4. The molecule has 172 valence electrons. The number of rotatable bonds is 6. The quantitative estimate of drug-likeness (QED) is 0.421.